The lowest BCUT2D eigenvalue weighted by atomic mass is 10.1. The highest BCUT2D eigenvalue weighted by Crippen LogP contribution is 2.29. The molecule has 0 aliphatic carbocycles. The maximum atomic E-state index is 12.9. The lowest BCUT2D eigenvalue weighted by Crippen LogP contribution is -2.43. The van der Waals surface area contributed by atoms with Crippen LogP contribution in [0.3, 0.4) is 0 Å². The van der Waals surface area contributed by atoms with Crippen LogP contribution in [0.1, 0.15) is 34.8 Å². The number of nitrogens with zero attached hydrogens (tertiary/aromatic N) is 3. The van der Waals surface area contributed by atoms with Crippen molar-refractivity contribution >= 4 is 29.2 Å². The molecule has 1 aromatic heterocycles. The van der Waals surface area contributed by atoms with Crippen molar-refractivity contribution in [3.05, 3.63) is 92.1 Å². The Kier molecular flexibility index (Phi) is 7.37. The number of aryl methyl sites for hydroxylation is 1. The van der Waals surface area contributed by atoms with Gasteiger partial charge in [0.2, 0.25) is 11.7 Å². The maximum Gasteiger partial charge on any atom is 0.332 e. The summed E-state index contributed by atoms with van der Waals surface area (Å²) in [4.78, 5) is 65.2. The van der Waals surface area contributed by atoms with E-state index in [1.54, 1.807) is 29.2 Å². The zero-order valence-corrected chi connectivity index (χ0v) is 20.7. The summed E-state index contributed by atoms with van der Waals surface area (Å²) in [6, 6.07) is 16.4. The summed E-state index contributed by atoms with van der Waals surface area (Å²) in [5, 5.41) is 0. The van der Waals surface area contributed by atoms with Gasteiger partial charge in [-0.15, -0.1) is 0 Å². The van der Waals surface area contributed by atoms with Gasteiger partial charge < -0.3 is 15.4 Å². The second-order valence-electron chi connectivity index (χ2n) is 8.90. The molecule has 10 nitrogen and oxygen atoms in total. The summed E-state index contributed by atoms with van der Waals surface area (Å²) in [5.41, 5.74) is 6.61. The molecule has 1 aliphatic heterocycles. The number of aromatic nitrogens is 2. The molecule has 0 saturated carbocycles. The van der Waals surface area contributed by atoms with Crippen LogP contribution in [0.15, 0.2) is 64.2 Å². The van der Waals surface area contributed by atoms with Gasteiger partial charge in [0, 0.05) is 25.7 Å². The second kappa shape index (κ2) is 10.7. The predicted molar refractivity (Wildman–Crippen MR) is 137 cm³/mol. The first-order valence-corrected chi connectivity index (χ1v) is 11.9. The summed E-state index contributed by atoms with van der Waals surface area (Å²) >= 11 is 0. The van der Waals surface area contributed by atoms with Crippen molar-refractivity contribution in [2.75, 3.05) is 23.8 Å². The number of nitrogens with two attached hydrogens (primary N) is 1. The van der Waals surface area contributed by atoms with Crippen molar-refractivity contribution in [3.63, 3.8) is 0 Å². The Bertz CT molecular complexity index is 1470. The van der Waals surface area contributed by atoms with Crippen molar-refractivity contribution < 1.29 is 19.1 Å². The smallest absolute Gasteiger partial charge is 0.332 e. The number of ether oxygens (including phenoxy) is 1. The normalized spacial score (nSPS) is 15.1. The number of ketones is 1. The van der Waals surface area contributed by atoms with E-state index in [2.05, 4.69) is 0 Å². The molecule has 1 unspecified atom stereocenters. The number of nitrogen functional groups attached to an aromatic ring is 1. The van der Waals surface area contributed by atoms with E-state index in [9.17, 15) is 24.0 Å². The third-order valence-electron chi connectivity index (χ3n) is 6.51. The Labute approximate surface area is 212 Å². The molecule has 10 heteroatoms. The third kappa shape index (κ3) is 5.09. The van der Waals surface area contributed by atoms with Crippen LogP contribution >= 0.6 is 0 Å². The SMILES string of the molecule is CCc1ccccc1N1CC(C(=O)OCC(=O)c2c(N)n(Cc3ccccc3)c(=O)n(C)c2=O)CC1=O. The molecule has 0 bridgehead atoms. The monoisotopic (exact) mass is 504 g/mol. The lowest BCUT2D eigenvalue weighted by molar-refractivity contribution is -0.147. The van der Waals surface area contributed by atoms with Crippen LogP contribution in [0.4, 0.5) is 11.5 Å². The van der Waals surface area contributed by atoms with Crippen LogP contribution in [0.5, 0.6) is 0 Å². The molecule has 37 heavy (non-hydrogen) atoms. The molecular formula is C27H28N4O6. The predicted octanol–water partition coefficient (Wildman–Crippen LogP) is 1.52. The summed E-state index contributed by atoms with van der Waals surface area (Å²) in [6.45, 7) is 1.43. The van der Waals surface area contributed by atoms with Gasteiger partial charge in [-0.25, -0.2) is 4.79 Å². The molecule has 1 aliphatic rings. The Morgan fingerprint density at radius 2 is 1.70 bits per heavy atom. The van der Waals surface area contributed by atoms with Gasteiger partial charge in [0.05, 0.1) is 12.5 Å². The summed E-state index contributed by atoms with van der Waals surface area (Å²) < 4.78 is 7.14. The third-order valence-corrected chi connectivity index (χ3v) is 6.51. The van der Waals surface area contributed by atoms with E-state index in [0.717, 1.165) is 32.4 Å². The van der Waals surface area contributed by atoms with Crippen molar-refractivity contribution in [2.24, 2.45) is 13.0 Å². The minimum atomic E-state index is -0.869. The fourth-order valence-corrected chi connectivity index (χ4v) is 4.46. The number of rotatable bonds is 8. The first-order chi connectivity index (χ1) is 17.7. The fourth-order valence-electron chi connectivity index (χ4n) is 4.46. The molecule has 2 heterocycles. The molecule has 3 aromatic rings. The first-order valence-electron chi connectivity index (χ1n) is 11.9. The van der Waals surface area contributed by atoms with E-state index in [1.165, 1.54) is 7.05 Å². The minimum Gasteiger partial charge on any atom is -0.457 e. The van der Waals surface area contributed by atoms with Crippen LogP contribution in [0.2, 0.25) is 0 Å². The standard InChI is InChI=1S/C27H28N4O6/c1-3-18-11-7-8-12-20(18)30-15-19(13-22(30)33)26(35)37-16-21(32)23-24(28)31(27(36)29(2)25(23)34)14-17-9-5-4-6-10-17/h4-12,19H,3,13-16,28H2,1-2H3. The molecule has 192 valence electrons. The lowest BCUT2D eigenvalue weighted by Gasteiger charge is -2.19. The summed E-state index contributed by atoms with van der Waals surface area (Å²) in [7, 11) is 1.25. The highest BCUT2D eigenvalue weighted by atomic mass is 16.5. The number of carbonyl (C=O) groups is 3. The van der Waals surface area contributed by atoms with Gasteiger partial charge in [-0.05, 0) is 23.6 Å². The van der Waals surface area contributed by atoms with Crippen LogP contribution in [0.25, 0.3) is 0 Å². The van der Waals surface area contributed by atoms with Gasteiger partial charge in [0.1, 0.15) is 11.4 Å². The number of hydrogen-bond donors (Lipinski definition) is 1. The van der Waals surface area contributed by atoms with E-state index in [4.69, 9.17) is 10.5 Å². The number of Topliss-reactive ketones (excluding diaryl/α,β-unsaturated/α-hetero) is 1. The Morgan fingerprint density at radius 1 is 1.03 bits per heavy atom. The highest BCUT2D eigenvalue weighted by Gasteiger charge is 2.37. The molecular weight excluding hydrogens is 476 g/mol. The van der Waals surface area contributed by atoms with Crippen LogP contribution < -0.4 is 21.9 Å². The Morgan fingerprint density at radius 3 is 2.41 bits per heavy atom. The molecule has 1 saturated heterocycles. The van der Waals surface area contributed by atoms with Gasteiger partial charge in [-0.2, -0.15) is 0 Å². The van der Waals surface area contributed by atoms with Crippen LogP contribution in [0, 0.1) is 5.92 Å². The number of anilines is 2. The number of para-hydroxylation sites is 1. The molecule has 0 spiro atoms. The zero-order chi connectivity index (χ0) is 26.7. The second-order valence-corrected chi connectivity index (χ2v) is 8.90. The average molecular weight is 505 g/mol. The van der Waals surface area contributed by atoms with Crippen molar-refractivity contribution in [1.29, 1.82) is 0 Å². The highest BCUT2D eigenvalue weighted by molar-refractivity contribution is 6.02. The zero-order valence-electron chi connectivity index (χ0n) is 20.7. The van der Waals surface area contributed by atoms with Crippen molar-refractivity contribution in [3.8, 4) is 0 Å². The number of benzene rings is 2. The number of carbonyl (C=O) groups excluding carboxylic acids is 3. The topological polar surface area (TPSA) is 134 Å². The van der Waals surface area contributed by atoms with E-state index >= 15 is 0 Å². The Balaban J connectivity index is 1.49. The molecule has 2 aromatic carbocycles. The number of amides is 1. The van der Waals surface area contributed by atoms with Crippen LogP contribution in [-0.4, -0.2) is 39.9 Å². The molecule has 1 amide bonds. The van der Waals surface area contributed by atoms with Gasteiger partial charge in [0.15, 0.2) is 6.61 Å². The van der Waals surface area contributed by atoms with Crippen molar-refractivity contribution in [2.45, 2.75) is 26.3 Å². The van der Waals surface area contributed by atoms with Gasteiger partial charge in [0.25, 0.3) is 5.56 Å². The summed E-state index contributed by atoms with van der Waals surface area (Å²) in [6.07, 6.45) is 0.684. The molecule has 2 N–H and O–H groups in total. The number of esters is 1. The van der Waals surface area contributed by atoms with Gasteiger partial charge in [-0.1, -0.05) is 55.5 Å². The first kappa shape index (κ1) is 25.6. The van der Waals surface area contributed by atoms with Gasteiger partial charge in [-0.3, -0.25) is 28.3 Å². The van der Waals surface area contributed by atoms with Gasteiger partial charge >= 0.3 is 11.7 Å². The fraction of sp³-hybridized carbons (Fsp3) is 0.296. The molecule has 1 atom stereocenters. The molecule has 1 fully saturated rings. The largest absolute Gasteiger partial charge is 0.457 e. The molecule has 0 radical (unpaired) electrons. The van der Waals surface area contributed by atoms with E-state index in [0.29, 0.717) is 0 Å². The van der Waals surface area contributed by atoms with E-state index in [1.807, 2.05) is 37.3 Å². The summed E-state index contributed by atoms with van der Waals surface area (Å²) in [5.74, 6) is -2.80. The van der Waals surface area contributed by atoms with E-state index < -0.39 is 41.1 Å². The quantitative estimate of drug-likeness (QED) is 0.363. The van der Waals surface area contributed by atoms with E-state index in [-0.39, 0.29) is 31.2 Å². The maximum absolute atomic E-state index is 12.9. The van der Waals surface area contributed by atoms with Crippen molar-refractivity contribution in [1.82, 2.24) is 9.13 Å². The minimum absolute atomic E-state index is 0.0447. The molecule has 4 rings (SSSR count). The van der Waals surface area contributed by atoms with Crippen LogP contribution in [-0.2, 0) is 34.3 Å². The average Bonchev–Trinajstić information content (AvgIpc) is 3.30. The Hall–Kier alpha value is -4.47. The number of hydrogen-bond acceptors (Lipinski definition) is 7.